The molecule has 2 aromatic carbocycles. The van der Waals surface area contributed by atoms with Crippen LogP contribution in [-0.2, 0) is 5.75 Å². The number of aromatic nitrogens is 1. The Hall–Kier alpha value is -1.62. The van der Waals surface area contributed by atoms with E-state index in [1.54, 1.807) is 29.2 Å². The monoisotopic (exact) mass is 345 g/mol. The van der Waals surface area contributed by atoms with Gasteiger partial charge in [-0.05, 0) is 23.7 Å². The van der Waals surface area contributed by atoms with E-state index in [1.807, 2.05) is 36.4 Å². The zero-order chi connectivity index (χ0) is 15.4. The smallest absolute Gasteiger partial charge is 0.253 e. The van der Waals surface area contributed by atoms with Crippen LogP contribution in [0.15, 0.2) is 64.9 Å². The first-order chi connectivity index (χ1) is 10.7. The van der Waals surface area contributed by atoms with Gasteiger partial charge in [0.2, 0.25) is 0 Å². The van der Waals surface area contributed by atoms with Crippen LogP contribution in [0.4, 0.5) is 0 Å². The Morgan fingerprint density at radius 3 is 2.59 bits per heavy atom. The Balaban J connectivity index is 1.73. The third-order valence-electron chi connectivity index (χ3n) is 3.05. The lowest BCUT2D eigenvalue weighted by atomic mass is 10.2. The molecule has 5 heteroatoms. The molecule has 0 saturated heterocycles. The molecule has 0 atom stereocenters. The van der Waals surface area contributed by atoms with Gasteiger partial charge in [-0.15, -0.1) is 23.1 Å². The SMILES string of the molecule is O=C(Cl)c1ccccc1SCc1csc(-c2ccccc2)n1. The maximum Gasteiger partial charge on any atom is 0.253 e. The Kier molecular flexibility index (Phi) is 4.93. The molecule has 0 aliphatic carbocycles. The highest BCUT2D eigenvalue weighted by molar-refractivity contribution is 7.98. The molecule has 110 valence electrons. The minimum atomic E-state index is -0.425. The van der Waals surface area contributed by atoms with Crippen molar-refractivity contribution in [2.75, 3.05) is 0 Å². The van der Waals surface area contributed by atoms with Crippen LogP contribution in [0.5, 0.6) is 0 Å². The third-order valence-corrected chi connectivity index (χ3v) is 5.30. The minimum absolute atomic E-state index is 0.425. The Morgan fingerprint density at radius 2 is 1.82 bits per heavy atom. The van der Waals surface area contributed by atoms with E-state index in [1.165, 1.54) is 0 Å². The number of rotatable bonds is 5. The number of nitrogens with zero attached hydrogens (tertiary/aromatic N) is 1. The van der Waals surface area contributed by atoms with Gasteiger partial charge < -0.3 is 0 Å². The molecule has 0 unspecified atom stereocenters. The molecular formula is C17H12ClNOS2. The van der Waals surface area contributed by atoms with Crippen LogP contribution in [0.3, 0.4) is 0 Å². The molecule has 0 spiro atoms. The molecule has 0 aliphatic heterocycles. The second-order valence-electron chi connectivity index (χ2n) is 4.57. The summed E-state index contributed by atoms with van der Waals surface area (Å²) >= 11 is 8.82. The third kappa shape index (κ3) is 3.58. The van der Waals surface area contributed by atoms with Crippen LogP contribution in [0.2, 0.25) is 0 Å². The van der Waals surface area contributed by atoms with Gasteiger partial charge in [0, 0.05) is 27.2 Å². The first-order valence-corrected chi connectivity index (χ1v) is 8.90. The van der Waals surface area contributed by atoms with Gasteiger partial charge in [0.25, 0.3) is 5.24 Å². The summed E-state index contributed by atoms with van der Waals surface area (Å²) in [5.41, 5.74) is 2.68. The fourth-order valence-corrected chi connectivity index (χ4v) is 4.09. The highest BCUT2D eigenvalue weighted by atomic mass is 35.5. The Bertz CT molecular complexity index is 786. The zero-order valence-corrected chi connectivity index (χ0v) is 13.9. The molecular weight excluding hydrogens is 334 g/mol. The predicted octanol–water partition coefficient (Wildman–Crippen LogP) is 5.48. The van der Waals surface area contributed by atoms with Crippen LogP contribution in [0.1, 0.15) is 16.1 Å². The molecule has 3 rings (SSSR count). The summed E-state index contributed by atoms with van der Waals surface area (Å²) in [7, 11) is 0. The van der Waals surface area contributed by atoms with Crippen molar-refractivity contribution in [1.82, 2.24) is 4.98 Å². The fourth-order valence-electron chi connectivity index (χ4n) is 1.99. The maximum atomic E-state index is 11.4. The van der Waals surface area contributed by atoms with Crippen LogP contribution in [0, 0.1) is 0 Å². The number of hydrogen-bond donors (Lipinski definition) is 0. The van der Waals surface area contributed by atoms with E-state index in [4.69, 9.17) is 11.6 Å². The van der Waals surface area contributed by atoms with Gasteiger partial charge in [-0.2, -0.15) is 0 Å². The average Bonchev–Trinajstić information content (AvgIpc) is 3.03. The number of benzene rings is 2. The number of halogens is 1. The van der Waals surface area contributed by atoms with E-state index in [2.05, 4.69) is 22.5 Å². The van der Waals surface area contributed by atoms with Crippen molar-refractivity contribution in [2.45, 2.75) is 10.6 Å². The van der Waals surface area contributed by atoms with Gasteiger partial charge in [0.05, 0.1) is 5.69 Å². The maximum absolute atomic E-state index is 11.4. The zero-order valence-electron chi connectivity index (χ0n) is 11.5. The number of carbonyl (C=O) groups excluding carboxylic acids is 1. The van der Waals surface area contributed by atoms with E-state index < -0.39 is 5.24 Å². The van der Waals surface area contributed by atoms with Crippen molar-refractivity contribution in [3.8, 4) is 10.6 Å². The van der Waals surface area contributed by atoms with Crippen molar-refractivity contribution in [2.24, 2.45) is 0 Å². The van der Waals surface area contributed by atoms with E-state index >= 15 is 0 Å². The standard InChI is InChI=1S/C17H12ClNOS2/c18-16(20)14-8-4-5-9-15(14)21-10-13-11-22-17(19-13)12-6-2-1-3-7-12/h1-9,11H,10H2. The van der Waals surface area contributed by atoms with Gasteiger partial charge in [-0.1, -0.05) is 42.5 Å². The van der Waals surface area contributed by atoms with Crippen molar-refractivity contribution >= 4 is 39.9 Å². The van der Waals surface area contributed by atoms with Gasteiger partial charge in [0.1, 0.15) is 5.01 Å². The van der Waals surface area contributed by atoms with Crippen LogP contribution in [0.25, 0.3) is 10.6 Å². The topological polar surface area (TPSA) is 30.0 Å². The minimum Gasteiger partial charge on any atom is -0.276 e. The second-order valence-corrected chi connectivity index (χ2v) is 6.79. The molecule has 0 N–H and O–H groups in total. The second kappa shape index (κ2) is 7.09. The average molecular weight is 346 g/mol. The molecule has 0 fully saturated rings. The molecule has 2 nitrogen and oxygen atoms in total. The summed E-state index contributed by atoms with van der Waals surface area (Å²) in [5, 5.41) is 2.64. The summed E-state index contributed by atoms with van der Waals surface area (Å²) in [6.45, 7) is 0. The first kappa shape index (κ1) is 15.3. The number of thioether (sulfide) groups is 1. The van der Waals surface area contributed by atoms with Crippen LogP contribution >= 0.6 is 34.7 Å². The summed E-state index contributed by atoms with van der Waals surface area (Å²) in [4.78, 5) is 16.9. The summed E-state index contributed by atoms with van der Waals surface area (Å²) in [6, 6.07) is 17.5. The highest BCUT2D eigenvalue weighted by Gasteiger charge is 2.10. The number of hydrogen-bond acceptors (Lipinski definition) is 4. The lowest BCUT2D eigenvalue weighted by molar-refractivity contribution is 0.107. The fraction of sp³-hybridized carbons (Fsp3) is 0.0588. The predicted molar refractivity (Wildman–Crippen MR) is 93.7 cm³/mol. The molecule has 0 radical (unpaired) electrons. The van der Waals surface area contributed by atoms with Crippen LogP contribution < -0.4 is 0 Å². The lowest BCUT2D eigenvalue weighted by Gasteiger charge is -2.03. The molecule has 3 aromatic rings. The van der Waals surface area contributed by atoms with Crippen molar-refractivity contribution in [1.29, 1.82) is 0 Å². The highest BCUT2D eigenvalue weighted by Crippen LogP contribution is 2.30. The van der Waals surface area contributed by atoms with Gasteiger partial charge in [-0.25, -0.2) is 4.98 Å². The van der Waals surface area contributed by atoms with Gasteiger partial charge >= 0.3 is 0 Å². The quantitative estimate of drug-likeness (QED) is 0.453. The van der Waals surface area contributed by atoms with E-state index in [-0.39, 0.29) is 0 Å². The molecule has 0 aliphatic rings. The van der Waals surface area contributed by atoms with Crippen LogP contribution in [-0.4, -0.2) is 10.2 Å². The summed E-state index contributed by atoms with van der Waals surface area (Å²) in [6.07, 6.45) is 0. The first-order valence-electron chi connectivity index (χ1n) is 6.65. The molecule has 0 bridgehead atoms. The van der Waals surface area contributed by atoms with E-state index in [0.29, 0.717) is 11.3 Å². The molecule has 1 heterocycles. The van der Waals surface area contributed by atoms with Crippen molar-refractivity contribution in [3.05, 3.63) is 71.2 Å². The molecule has 0 amide bonds. The summed E-state index contributed by atoms with van der Waals surface area (Å²) in [5.74, 6) is 0.713. The van der Waals surface area contributed by atoms with E-state index in [0.717, 1.165) is 21.2 Å². The Morgan fingerprint density at radius 1 is 1.09 bits per heavy atom. The van der Waals surface area contributed by atoms with Crippen molar-refractivity contribution in [3.63, 3.8) is 0 Å². The normalized spacial score (nSPS) is 10.6. The largest absolute Gasteiger partial charge is 0.276 e. The van der Waals surface area contributed by atoms with Gasteiger partial charge in [0.15, 0.2) is 0 Å². The van der Waals surface area contributed by atoms with Gasteiger partial charge in [-0.3, -0.25) is 4.79 Å². The lowest BCUT2D eigenvalue weighted by Crippen LogP contribution is -1.92. The molecule has 0 saturated carbocycles. The number of carbonyl (C=O) groups is 1. The van der Waals surface area contributed by atoms with E-state index in [9.17, 15) is 4.79 Å². The number of thiazole rings is 1. The van der Waals surface area contributed by atoms with Crippen molar-refractivity contribution < 1.29 is 4.79 Å². The molecule has 22 heavy (non-hydrogen) atoms. The molecule has 1 aromatic heterocycles. The Labute approximate surface area is 142 Å². The summed E-state index contributed by atoms with van der Waals surface area (Å²) < 4.78 is 0.